The predicted molar refractivity (Wildman–Crippen MR) is 60.7 cm³/mol. The van der Waals surface area contributed by atoms with Crippen LogP contribution in [0.4, 0.5) is 0 Å². The monoisotopic (exact) mass is 213 g/mol. The quantitative estimate of drug-likeness (QED) is 0.711. The van der Waals surface area contributed by atoms with Crippen LogP contribution >= 0.6 is 0 Å². The molecule has 0 aromatic carbocycles. The van der Waals surface area contributed by atoms with Crippen LogP contribution in [0.3, 0.4) is 0 Å². The van der Waals surface area contributed by atoms with Gasteiger partial charge in [-0.05, 0) is 39.5 Å². The Morgan fingerprint density at radius 1 is 1.40 bits per heavy atom. The molecule has 2 atom stereocenters. The minimum Gasteiger partial charge on any atom is -0.465 e. The van der Waals surface area contributed by atoms with Crippen LogP contribution < -0.4 is 5.32 Å². The van der Waals surface area contributed by atoms with E-state index in [0.717, 1.165) is 5.92 Å². The molecule has 0 aromatic heterocycles. The third-order valence-electron chi connectivity index (χ3n) is 3.26. The van der Waals surface area contributed by atoms with Crippen molar-refractivity contribution in [3.05, 3.63) is 0 Å². The maximum absolute atomic E-state index is 11.4. The molecule has 1 unspecified atom stereocenters. The molecule has 1 rings (SSSR count). The molecular formula is C12H23NO2. The summed E-state index contributed by atoms with van der Waals surface area (Å²) < 4.78 is 4.97. The second-order valence-electron chi connectivity index (χ2n) is 4.47. The third-order valence-corrected chi connectivity index (χ3v) is 3.26. The van der Waals surface area contributed by atoms with Crippen LogP contribution in [-0.4, -0.2) is 24.7 Å². The minimum absolute atomic E-state index is 0.137. The van der Waals surface area contributed by atoms with E-state index in [9.17, 15) is 4.79 Å². The summed E-state index contributed by atoms with van der Waals surface area (Å²) in [7, 11) is 0. The number of esters is 1. The Morgan fingerprint density at radius 2 is 2.00 bits per heavy atom. The number of ether oxygens (including phenoxy) is 1. The topological polar surface area (TPSA) is 38.3 Å². The number of hydrogen-bond donors (Lipinski definition) is 1. The fraction of sp³-hybridized carbons (Fsp3) is 0.917. The second-order valence-corrected chi connectivity index (χ2v) is 4.47. The molecule has 0 aliphatic heterocycles. The molecule has 15 heavy (non-hydrogen) atoms. The molecule has 3 nitrogen and oxygen atoms in total. The number of carbonyl (C=O) groups excluding carboxylic acids is 1. The van der Waals surface area contributed by atoms with Crippen molar-refractivity contribution in [1.29, 1.82) is 0 Å². The first-order chi connectivity index (χ1) is 7.15. The lowest BCUT2D eigenvalue weighted by Crippen LogP contribution is -2.43. The highest BCUT2D eigenvalue weighted by Crippen LogP contribution is 2.27. The van der Waals surface area contributed by atoms with Gasteiger partial charge in [-0.15, -0.1) is 0 Å². The van der Waals surface area contributed by atoms with Gasteiger partial charge < -0.3 is 10.1 Å². The first kappa shape index (κ1) is 12.5. The van der Waals surface area contributed by atoms with Crippen LogP contribution in [0.2, 0.25) is 0 Å². The number of carbonyl (C=O) groups is 1. The number of hydrogen-bond acceptors (Lipinski definition) is 3. The molecule has 1 N–H and O–H groups in total. The zero-order chi connectivity index (χ0) is 11.3. The molecular weight excluding hydrogens is 190 g/mol. The Morgan fingerprint density at radius 3 is 2.53 bits per heavy atom. The lowest BCUT2D eigenvalue weighted by atomic mass is 9.99. The molecule has 0 spiro atoms. The highest BCUT2D eigenvalue weighted by atomic mass is 16.5. The fourth-order valence-electron chi connectivity index (χ4n) is 2.32. The van der Waals surface area contributed by atoms with E-state index < -0.39 is 0 Å². The van der Waals surface area contributed by atoms with Gasteiger partial charge in [-0.3, -0.25) is 4.79 Å². The molecule has 0 aromatic rings. The molecule has 3 heteroatoms. The van der Waals surface area contributed by atoms with Crippen LogP contribution in [0, 0.1) is 5.92 Å². The van der Waals surface area contributed by atoms with Gasteiger partial charge >= 0.3 is 5.97 Å². The van der Waals surface area contributed by atoms with E-state index in [2.05, 4.69) is 12.2 Å². The number of nitrogens with one attached hydrogen (secondary N) is 1. The van der Waals surface area contributed by atoms with Crippen LogP contribution in [0.25, 0.3) is 0 Å². The van der Waals surface area contributed by atoms with Gasteiger partial charge in [-0.2, -0.15) is 0 Å². The summed E-state index contributed by atoms with van der Waals surface area (Å²) in [5.74, 6) is 0.601. The average Bonchev–Trinajstić information content (AvgIpc) is 2.70. The Kier molecular flexibility index (Phi) is 5.09. The molecule has 0 radical (unpaired) electrons. The van der Waals surface area contributed by atoms with Crippen molar-refractivity contribution in [2.24, 2.45) is 5.92 Å². The van der Waals surface area contributed by atoms with Crippen molar-refractivity contribution in [2.45, 2.75) is 58.5 Å². The highest BCUT2D eigenvalue weighted by molar-refractivity contribution is 5.75. The van der Waals surface area contributed by atoms with Gasteiger partial charge in [0.1, 0.15) is 6.04 Å². The second kappa shape index (κ2) is 6.11. The lowest BCUT2D eigenvalue weighted by Gasteiger charge is -2.23. The summed E-state index contributed by atoms with van der Waals surface area (Å²) in [5.41, 5.74) is 0. The summed E-state index contributed by atoms with van der Waals surface area (Å²) in [6, 6.07) is 0.243. The minimum atomic E-state index is -0.180. The molecule has 88 valence electrons. The van der Waals surface area contributed by atoms with Gasteiger partial charge in [-0.25, -0.2) is 0 Å². The lowest BCUT2D eigenvalue weighted by molar-refractivity contribution is -0.145. The first-order valence-electron chi connectivity index (χ1n) is 6.07. The molecule has 1 saturated carbocycles. The van der Waals surface area contributed by atoms with Crippen LogP contribution in [0.1, 0.15) is 46.5 Å². The van der Waals surface area contributed by atoms with Crippen molar-refractivity contribution in [1.82, 2.24) is 5.32 Å². The first-order valence-corrected chi connectivity index (χ1v) is 6.07. The van der Waals surface area contributed by atoms with E-state index in [0.29, 0.717) is 12.6 Å². The third kappa shape index (κ3) is 3.82. The molecule has 0 bridgehead atoms. The normalized spacial score (nSPS) is 21.3. The number of rotatable bonds is 5. The van der Waals surface area contributed by atoms with Gasteiger partial charge in [-0.1, -0.05) is 12.8 Å². The van der Waals surface area contributed by atoms with E-state index in [-0.39, 0.29) is 12.0 Å². The maximum atomic E-state index is 11.4. The van der Waals surface area contributed by atoms with Crippen molar-refractivity contribution >= 4 is 5.97 Å². The molecule has 1 fully saturated rings. The van der Waals surface area contributed by atoms with Crippen molar-refractivity contribution in [3.63, 3.8) is 0 Å². The summed E-state index contributed by atoms with van der Waals surface area (Å²) >= 11 is 0. The Bertz CT molecular complexity index is 200. The smallest absolute Gasteiger partial charge is 0.322 e. The molecule has 0 amide bonds. The Hall–Kier alpha value is -0.570. The fourth-order valence-corrected chi connectivity index (χ4v) is 2.32. The highest BCUT2D eigenvalue weighted by Gasteiger charge is 2.24. The van der Waals surface area contributed by atoms with Gasteiger partial charge in [0, 0.05) is 6.04 Å². The van der Waals surface area contributed by atoms with E-state index in [1.807, 2.05) is 13.8 Å². The summed E-state index contributed by atoms with van der Waals surface area (Å²) in [6.07, 6.45) is 5.27. The molecule has 1 aliphatic carbocycles. The molecule has 1 aliphatic rings. The van der Waals surface area contributed by atoms with Gasteiger partial charge in [0.05, 0.1) is 6.61 Å². The van der Waals surface area contributed by atoms with Gasteiger partial charge in [0.25, 0.3) is 0 Å². The predicted octanol–water partition coefficient (Wildman–Crippen LogP) is 2.11. The SMILES string of the molecule is CCOC(=O)C(C)N[C@@H](C)C1CCCC1. The average molecular weight is 213 g/mol. The van der Waals surface area contributed by atoms with Crippen molar-refractivity contribution < 1.29 is 9.53 Å². The van der Waals surface area contributed by atoms with Gasteiger partial charge in [0.15, 0.2) is 0 Å². The van der Waals surface area contributed by atoms with Crippen LogP contribution in [0.15, 0.2) is 0 Å². The van der Waals surface area contributed by atoms with Crippen molar-refractivity contribution in [2.75, 3.05) is 6.61 Å². The van der Waals surface area contributed by atoms with Crippen molar-refractivity contribution in [3.8, 4) is 0 Å². The van der Waals surface area contributed by atoms with Crippen LogP contribution in [0.5, 0.6) is 0 Å². The summed E-state index contributed by atoms with van der Waals surface area (Å²) in [5, 5.41) is 3.33. The zero-order valence-electron chi connectivity index (χ0n) is 10.1. The van der Waals surface area contributed by atoms with E-state index in [4.69, 9.17) is 4.74 Å². The Balaban J connectivity index is 2.29. The van der Waals surface area contributed by atoms with Gasteiger partial charge in [0.2, 0.25) is 0 Å². The standard InChI is InChI=1S/C12H23NO2/c1-4-15-12(14)10(3)13-9(2)11-7-5-6-8-11/h9-11,13H,4-8H2,1-3H3/t9-,10?/m0/s1. The van der Waals surface area contributed by atoms with E-state index in [1.54, 1.807) is 0 Å². The maximum Gasteiger partial charge on any atom is 0.322 e. The molecule has 0 saturated heterocycles. The van der Waals surface area contributed by atoms with E-state index in [1.165, 1.54) is 25.7 Å². The van der Waals surface area contributed by atoms with Crippen LogP contribution in [-0.2, 0) is 9.53 Å². The molecule has 0 heterocycles. The van der Waals surface area contributed by atoms with E-state index >= 15 is 0 Å². The Labute approximate surface area is 92.6 Å². The summed E-state index contributed by atoms with van der Waals surface area (Å²) in [4.78, 5) is 11.4. The summed E-state index contributed by atoms with van der Waals surface area (Å²) in [6.45, 7) is 6.35. The zero-order valence-corrected chi connectivity index (χ0v) is 10.1. The largest absolute Gasteiger partial charge is 0.465 e.